The fourth-order valence-corrected chi connectivity index (χ4v) is 1.34. The maximum Gasteiger partial charge on any atom is 0.0935 e. The maximum absolute atomic E-state index is 9.77. The molecule has 0 aliphatic carbocycles. The van der Waals surface area contributed by atoms with Crippen molar-refractivity contribution in [2.45, 2.75) is 39.4 Å². The van der Waals surface area contributed by atoms with Crippen LogP contribution in [0.25, 0.3) is 0 Å². The van der Waals surface area contributed by atoms with Crippen molar-refractivity contribution in [1.29, 1.82) is 0 Å². The van der Waals surface area contributed by atoms with E-state index < -0.39 is 12.2 Å². The predicted octanol–water partition coefficient (Wildman–Crippen LogP) is 1.59. The van der Waals surface area contributed by atoms with Crippen molar-refractivity contribution in [3.63, 3.8) is 0 Å². The zero-order chi connectivity index (χ0) is 10.8. The van der Waals surface area contributed by atoms with E-state index in [0.29, 0.717) is 6.42 Å². The van der Waals surface area contributed by atoms with Crippen molar-refractivity contribution in [2.75, 3.05) is 0 Å². The molecule has 0 amide bonds. The minimum Gasteiger partial charge on any atom is -0.472 e. The molecule has 1 rings (SSSR count). The summed E-state index contributed by atoms with van der Waals surface area (Å²) >= 11 is 0. The molecule has 0 aromatic carbocycles. The van der Waals surface area contributed by atoms with Gasteiger partial charge in [-0.15, -0.1) is 0 Å². The lowest BCUT2D eigenvalue weighted by Crippen LogP contribution is -2.38. The van der Waals surface area contributed by atoms with E-state index in [9.17, 15) is 10.2 Å². The van der Waals surface area contributed by atoms with Crippen LogP contribution in [0.1, 0.15) is 26.3 Å². The summed E-state index contributed by atoms with van der Waals surface area (Å²) in [5, 5.41) is 19.5. The van der Waals surface area contributed by atoms with Gasteiger partial charge in [0.15, 0.2) is 0 Å². The Labute approximate surface area is 84.4 Å². The third kappa shape index (κ3) is 2.86. The van der Waals surface area contributed by atoms with E-state index in [1.165, 1.54) is 0 Å². The summed E-state index contributed by atoms with van der Waals surface area (Å²) in [6.45, 7) is 5.70. The lowest BCUT2D eigenvalue weighted by Gasteiger charge is -2.29. The average molecular weight is 198 g/mol. The third-order valence-corrected chi connectivity index (χ3v) is 2.28. The first-order chi connectivity index (χ1) is 6.41. The second-order valence-electron chi connectivity index (χ2n) is 4.71. The second kappa shape index (κ2) is 4.15. The zero-order valence-electron chi connectivity index (χ0n) is 8.90. The van der Waals surface area contributed by atoms with Crippen LogP contribution in [0, 0.1) is 5.41 Å². The molecule has 80 valence electrons. The molecule has 2 N–H and O–H groups in total. The Kier molecular flexibility index (Phi) is 3.34. The van der Waals surface area contributed by atoms with Crippen molar-refractivity contribution in [1.82, 2.24) is 0 Å². The fraction of sp³-hybridized carbons (Fsp3) is 0.636. The van der Waals surface area contributed by atoms with Crippen LogP contribution >= 0.6 is 0 Å². The zero-order valence-corrected chi connectivity index (χ0v) is 8.90. The molecule has 0 aliphatic rings. The summed E-state index contributed by atoms with van der Waals surface area (Å²) < 4.78 is 4.89. The molecule has 1 aromatic rings. The molecule has 3 nitrogen and oxygen atoms in total. The number of rotatable bonds is 3. The molecule has 1 heterocycles. The molecule has 3 heteroatoms. The van der Waals surface area contributed by atoms with Crippen molar-refractivity contribution in [3.05, 3.63) is 24.2 Å². The van der Waals surface area contributed by atoms with Gasteiger partial charge in [0.25, 0.3) is 0 Å². The molecule has 0 saturated heterocycles. The van der Waals surface area contributed by atoms with Gasteiger partial charge in [-0.3, -0.25) is 0 Å². The van der Waals surface area contributed by atoms with Crippen molar-refractivity contribution < 1.29 is 14.6 Å². The third-order valence-electron chi connectivity index (χ3n) is 2.28. The molecule has 0 saturated carbocycles. The summed E-state index contributed by atoms with van der Waals surface area (Å²) in [4.78, 5) is 0. The molecule has 14 heavy (non-hydrogen) atoms. The summed E-state index contributed by atoms with van der Waals surface area (Å²) in [5.74, 6) is 0. The van der Waals surface area contributed by atoms with Crippen LogP contribution in [0.15, 0.2) is 23.0 Å². The summed E-state index contributed by atoms with van der Waals surface area (Å²) in [6, 6.07) is 1.79. The lowest BCUT2D eigenvalue weighted by molar-refractivity contribution is -0.0434. The van der Waals surface area contributed by atoms with Crippen LogP contribution in [0.4, 0.5) is 0 Å². The summed E-state index contributed by atoms with van der Waals surface area (Å²) in [6.07, 6.45) is 2.10. The Morgan fingerprint density at radius 2 is 2.00 bits per heavy atom. The number of furan rings is 1. The summed E-state index contributed by atoms with van der Waals surface area (Å²) in [5.41, 5.74) is 0.601. The highest BCUT2D eigenvalue weighted by Gasteiger charge is 2.29. The van der Waals surface area contributed by atoms with Crippen LogP contribution in [0.2, 0.25) is 0 Å². The minimum atomic E-state index is -0.743. The van der Waals surface area contributed by atoms with Crippen molar-refractivity contribution in [2.24, 2.45) is 5.41 Å². The first-order valence-corrected chi connectivity index (χ1v) is 4.78. The highest BCUT2D eigenvalue weighted by atomic mass is 16.3. The Balaban J connectivity index is 2.54. The van der Waals surface area contributed by atoms with Gasteiger partial charge in [0, 0.05) is 6.42 Å². The first-order valence-electron chi connectivity index (χ1n) is 4.78. The molecule has 2 unspecified atom stereocenters. The molecule has 0 aliphatic heterocycles. The smallest absolute Gasteiger partial charge is 0.0935 e. The van der Waals surface area contributed by atoms with Crippen molar-refractivity contribution >= 4 is 0 Å². The molecule has 0 spiro atoms. The van der Waals surface area contributed by atoms with Gasteiger partial charge < -0.3 is 14.6 Å². The fourth-order valence-electron chi connectivity index (χ4n) is 1.34. The van der Waals surface area contributed by atoms with E-state index in [1.807, 2.05) is 20.8 Å². The van der Waals surface area contributed by atoms with Gasteiger partial charge in [0.1, 0.15) is 0 Å². The van der Waals surface area contributed by atoms with E-state index in [-0.39, 0.29) is 5.41 Å². The Morgan fingerprint density at radius 1 is 1.36 bits per heavy atom. The molecule has 0 radical (unpaired) electrons. The lowest BCUT2D eigenvalue weighted by atomic mass is 9.84. The number of hydrogen-bond donors (Lipinski definition) is 2. The van der Waals surface area contributed by atoms with Crippen LogP contribution in [-0.2, 0) is 6.42 Å². The highest BCUT2D eigenvalue weighted by molar-refractivity contribution is 5.07. The summed E-state index contributed by atoms with van der Waals surface area (Å²) in [7, 11) is 0. The number of aliphatic hydroxyl groups is 2. The van der Waals surface area contributed by atoms with Gasteiger partial charge in [-0.05, 0) is 17.0 Å². The van der Waals surface area contributed by atoms with Gasteiger partial charge in [0.05, 0.1) is 24.7 Å². The Morgan fingerprint density at radius 3 is 2.43 bits per heavy atom. The van der Waals surface area contributed by atoms with Gasteiger partial charge in [-0.25, -0.2) is 0 Å². The van der Waals surface area contributed by atoms with Crippen LogP contribution < -0.4 is 0 Å². The van der Waals surface area contributed by atoms with Crippen LogP contribution in [-0.4, -0.2) is 22.4 Å². The molecule has 0 bridgehead atoms. The predicted molar refractivity (Wildman–Crippen MR) is 53.9 cm³/mol. The first kappa shape index (κ1) is 11.3. The molecule has 0 fully saturated rings. The Hall–Kier alpha value is -0.800. The molecule has 2 atom stereocenters. The Bertz CT molecular complexity index is 259. The van der Waals surface area contributed by atoms with E-state index in [4.69, 9.17) is 4.42 Å². The van der Waals surface area contributed by atoms with E-state index in [1.54, 1.807) is 18.6 Å². The molecular formula is C11H18O3. The maximum atomic E-state index is 9.77. The van der Waals surface area contributed by atoms with Gasteiger partial charge >= 0.3 is 0 Å². The molecule has 1 aromatic heterocycles. The van der Waals surface area contributed by atoms with Crippen molar-refractivity contribution in [3.8, 4) is 0 Å². The average Bonchev–Trinajstić information content (AvgIpc) is 2.53. The van der Waals surface area contributed by atoms with Crippen LogP contribution in [0.5, 0.6) is 0 Å². The van der Waals surface area contributed by atoms with E-state index >= 15 is 0 Å². The van der Waals surface area contributed by atoms with E-state index in [2.05, 4.69) is 0 Å². The normalized spacial score (nSPS) is 16.6. The van der Waals surface area contributed by atoms with Crippen LogP contribution in [0.3, 0.4) is 0 Å². The number of aliphatic hydroxyl groups excluding tert-OH is 2. The number of hydrogen-bond acceptors (Lipinski definition) is 3. The largest absolute Gasteiger partial charge is 0.472 e. The monoisotopic (exact) mass is 198 g/mol. The minimum absolute atomic E-state index is 0.302. The SMILES string of the molecule is CC(C)(C)C(O)C(O)Cc1ccoc1. The molecular weight excluding hydrogens is 180 g/mol. The second-order valence-corrected chi connectivity index (χ2v) is 4.71. The quantitative estimate of drug-likeness (QED) is 0.775. The van der Waals surface area contributed by atoms with E-state index in [0.717, 1.165) is 5.56 Å². The van der Waals surface area contributed by atoms with Gasteiger partial charge in [-0.1, -0.05) is 20.8 Å². The topological polar surface area (TPSA) is 53.6 Å². The van der Waals surface area contributed by atoms with Gasteiger partial charge in [0.2, 0.25) is 0 Å². The van der Waals surface area contributed by atoms with Gasteiger partial charge in [-0.2, -0.15) is 0 Å². The highest BCUT2D eigenvalue weighted by Crippen LogP contribution is 2.23. The standard InChI is InChI=1S/C11H18O3/c1-11(2,3)10(13)9(12)6-8-4-5-14-7-8/h4-5,7,9-10,12-13H,6H2,1-3H3.